The molecular formula is C33H30O7. The number of ketones is 1. The fraction of sp³-hybridized carbons (Fsp3) is 0.182. The molecule has 0 spiro atoms. The third-order valence-electron chi connectivity index (χ3n) is 5.91. The number of carbonyl (C=O) groups excluding carboxylic acids is 3. The lowest BCUT2D eigenvalue weighted by atomic mass is 10.0. The summed E-state index contributed by atoms with van der Waals surface area (Å²) in [6, 6.07) is 29.1. The highest BCUT2D eigenvalue weighted by Crippen LogP contribution is 2.30. The minimum absolute atomic E-state index is 0.143. The van der Waals surface area contributed by atoms with Crippen molar-refractivity contribution in [3.05, 3.63) is 119 Å². The Labute approximate surface area is 233 Å². The molecule has 0 aliphatic carbocycles. The summed E-state index contributed by atoms with van der Waals surface area (Å²) in [5.41, 5.74) is 3.10. The van der Waals surface area contributed by atoms with E-state index in [0.717, 1.165) is 16.7 Å². The van der Waals surface area contributed by atoms with Crippen LogP contribution in [0.15, 0.2) is 97.1 Å². The van der Waals surface area contributed by atoms with Gasteiger partial charge in [0.25, 0.3) is 0 Å². The second kappa shape index (κ2) is 13.8. The van der Waals surface area contributed by atoms with E-state index < -0.39 is 11.9 Å². The highest BCUT2D eigenvalue weighted by molar-refractivity contribution is 5.99. The normalized spacial score (nSPS) is 10.4. The Morgan fingerprint density at radius 3 is 1.65 bits per heavy atom. The maximum absolute atomic E-state index is 13.4. The summed E-state index contributed by atoms with van der Waals surface area (Å²) in [6.45, 7) is 3.22. The third kappa shape index (κ3) is 8.30. The summed E-state index contributed by atoms with van der Waals surface area (Å²) in [5.74, 6) is 0.480. The van der Waals surface area contributed by atoms with E-state index in [9.17, 15) is 14.4 Å². The van der Waals surface area contributed by atoms with Crippen LogP contribution in [0.2, 0.25) is 0 Å². The molecule has 0 bridgehead atoms. The van der Waals surface area contributed by atoms with Crippen molar-refractivity contribution in [2.24, 2.45) is 0 Å². The number of aryl methyl sites for hydroxylation is 1. The lowest BCUT2D eigenvalue weighted by Gasteiger charge is -2.15. The van der Waals surface area contributed by atoms with Crippen LogP contribution in [-0.2, 0) is 29.2 Å². The smallest absolute Gasteiger partial charge is 0.308 e. The van der Waals surface area contributed by atoms with Gasteiger partial charge in [-0.15, -0.1) is 0 Å². The molecule has 7 heteroatoms. The second-order valence-corrected chi connectivity index (χ2v) is 9.09. The largest absolute Gasteiger partial charge is 0.488 e. The second-order valence-electron chi connectivity index (χ2n) is 9.09. The standard InChI is InChI=1S/C33H30O7/c1-23(34)39-28-15-13-27(32(19-28)37-21-25-9-5-3-6-10-25)14-18-31(36)30-17-16-29(40-24(2)35)20-33(30)38-22-26-11-7-4-8-12-26/h3-13,15-17,19-20H,14,18,21-22H2,1-2H3. The van der Waals surface area contributed by atoms with Gasteiger partial charge in [0, 0.05) is 32.4 Å². The van der Waals surface area contributed by atoms with Crippen LogP contribution in [0.25, 0.3) is 0 Å². The molecule has 0 aliphatic rings. The fourth-order valence-corrected chi connectivity index (χ4v) is 4.04. The summed E-state index contributed by atoms with van der Waals surface area (Å²) < 4.78 is 22.5. The van der Waals surface area contributed by atoms with Crippen molar-refractivity contribution in [1.82, 2.24) is 0 Å². The van der Waals surface area contributed by atoms with Gasteiger partial charge in [-0.05, 0) is 41.3 Å². The molecule has 0 unspecified atom stereocenters. The van der Waals surface area contributed by atoms with Crippen molar-refractivity contribution in [3.8, 4) is 23.0 Å². The van der Waals surface area contributed by atoms with E-state index in [2.05, 4.69) is 0 Å². The lowest BCUT2D eigenvalue weighted by Crippen LogP contribution is -2.08. The topological polar surface area (TPSA) is 88.1 Å². The Bertz CT molecular complexity index is 1460. The van der Waals surface area contributed by atoms with Crippen molar-refractivity contribution in [1.29, 1.82) is 0 Å². The number of benzene rings is 4. The van der Waals surface area contributed by atoms with Crippen LogP contribution in [-0.4, -0.2) is 17.7 Å². The molecule has 0 saturated carbocycles. The Morgan fingerprint density at radius 2 is 1.10 bits per heavy atom. The van der Waals surface area contributed by atoms with Crippen LogP contribution in [0, 0.1) is 0 Å². The molecule has 0 aliphatic heterocycles. The zero-order chi connectivity index (χ0) is 28.3. The number of Topliss-reactive ketones (excluding diaryl/α,β-unsaturated/α-hetero) is 1. The predicted molar refractivity (Wildman–Crippen MR) is 150 cm³/mol. The van der Waals surface area contributed by atoms with Gasteiger partial charge in [0.05, 0.1) is 5.56 Å². The number of ether oxygens (including phenoxy) is 4. The Balaban J connectivity index is 1.52. The van der Waals surface area contributed by atoms with Crippen LogP contribution in [0.5, 0.6) is 23.0 Å². The summed E-state index contributed by atoms with van der Waals surface area (Å²) >= 11 is 0. The maximum Gasteiger partial charge on any atom is 0.308 e. The van der Waals surface area contributed by atoms with Crippen LogP contribution in [0.3, 0.4) is 0 Å². The Hall–Kier alpha value is -4.91. The SMILES string of the molecule is CC(=O)Oc1ccc(CCC(=O)c2ccc(OC(C)=O)cc2OCc2ccccc2)c(OCc2ccccc2)c1. The van der Waals surface area contributed by atoms with E-state index in [-0.39, 0.29) is 18.8 Å². The van der Waals surface area contributed by atoms with Gasteiger partial charge in [-0.2, -0.15) is 0 Å². The number of hydrogen-bond acceptors (Lipinski definition) is 7. The van der Waals surface area contributed by atoms with E-state index >= 15 is 0 Å². The molecule has 40 heavy (non-hydrogen) atoms. The zero-order valence-electron chi connectivity index (χ0n) is 22.4. The number of carbonyl (C=O) groups is 3. The average Bonchev–Trinajstić information content (AvgIpc) is 2.95. The molecule has 0 N–H and O–H groups in total. The van der Waals surface area contributed by atoms with Gasteiger partial charge in [-0.1, -0.05) is 66.7 Å². The van der Waals surface area contributed by atoms with E-state index in [1.807, 2.05) is 60.7 Å². The summed E-state index contributed by atoms with van der Waals surface area (Å²) in [4.78, 5) is 36.3. The molecule has 7 nitrogen and oxygen atoms in total. The van der Waals surface area contributed by atoms with Gasteiger partial charge in [0.2, 0.25) is 0 Å². The lowest BCUT2D eigenvalue weighted by molar-refractivity contribution is -0.132. The molecule has 0 atom stereocenters. The average molecular weight is 539 g/mol. The Kier molecular flexibility index (Phi) is 9.67. The molecule has 0 aromatic heterocycles. The summed E-state index contributed by atoms with van der Waals surface area (Å²) in [5, 5.41) is 0. The summed E-state index contributed by atoms with van der Waals surface area (Å²) in [7, 11) is 0. The first-order valence-electron chi connectivity index (χ1n) is 12.9. The predicted octanol–water partition coefficient (Wildman–Crippen LogP) is 6.51. The molecule has 0 amide bonds. The van der Waals surface area contributed by atoms with E-state index in [1.54, 1.807) is 36.4 Å². The highest BCUT2D eigenvalue weighted by Gasteiger charge is 2.17. The van der Waals surface area contributed by atoms with Crippen LogP contribution >= 0.6 is 0 Å². The van der Waals surface area contributed by atoms with Gasteiger partial charge in [0.1, 0.15) is 36.2 Å². The maximum atomic E-state index is 13.4. The van der Waals surface area contributed by atoms with E-state index in [0.29, 0.717) is 41.6 Å². The molecule has 0 heterocycles. The van der Waals surface area contributed by atoms with Gasteiger partial charge < -0.3 is 18.9 Å². The summed E-state index contributed by atoms with van der Waals surface area (Å²) in [6.07, 6.45) is 0.552. The molecule has 204 valence electrons. The number of hydrogen-bond donors (Lipinski definition) is 0. The minimum atomic E-state index is -0.465. The molecule has 4 rings (SSSR count). The molecule has 0 radical (unpaired) electrons. The highest BCUT2D eigenvalue weighted by atomic mass is 16.5. The van der Waals surface area contributed by atoms with Crippen LogP contribution in [0.1, 0.15) is 47.3 Å². The van der Waals surface area contributed by atoms with E-state index in [1.165, 1.54) is 13.8 Å². The van der Waals surface area contributed by atoms with Crippen LogP contribution < -0.4 is 18.9 Å². The molecular weight excluding hydrogens is 508 g/mol. The van der Waals surface area contributed by atoms with Gasteiger partial charge >= 0.3 is 11.9 Å². The molecule has 4 aromatic rings. The first-order valence-corrected chi connectivity index (χ1v) is 12.9. The van der Waals surface area contributed by atoms with Gasteiger partial charge in [0.15, 0.2) is 5.78 Å². The van der Waals surface area contributed by atoms with E-state index in [4.69, 9.17) is 18.9 Å². The third-order valence-corrected chi connectivity index (χ3v) is 5.91. The van der Waals surface area contributed by atoms with Crippen molar-refractivity contribution in [2.75, 3.05) is 0 Å². The number of rotatable bonds is 12. The zero-order valence-corrected chi connectivity index (χ0v) is 22.4. The first kappa shape index (κ1) is 28.1. The molecule has 0 fully saturated rings. The van der Waals surface area contributed by atoms with Crippen molar-refractivity contribution in [3.63, 3.8) is 0 Å². The van der Waals surface area contributed by atoms with Crippen molar-refractivity contribution < 1.29 is 33.3 Å². The first-order chi connectivity index (χ1) is 19.4. The number of esters is 2. The van der Waals surface area contributed by atoms with Crippen LogP contribution in [0.4, 0.5) is 0 Å². The van der Waals surface area contributed by atoms with Crippen molar-refractivity contribution in [2.45, 2.75) is 39.9 Å². The van der Waals surface area contributed by atoms with Gasteiger partial charge in [-0.3, -0.25) is 14.4 Å². The molecule has 4 aromatic carbocycles. The van der Waals surface area contributed by atoms with Gasteiger partial charge in [-0.25, -0.2) is 0 Å². The minimum Gasteiger partial charge on any atom is -0.488 e. The molecule has 0 saturated heterocycles. The quantitative estimate of drug-likeness (QED) is 0.115. The van der Waals surface area contributed by atoms with Crippen molar-refractivity contribution >= 4 is 17.7 Å². The Morgan fingerprint density at radius 1 is 0.600 bits per heavy atom. The fourth-order valence-electron chi connectivity index (χ4n) is 4.04. The monoisotopic (exact) mass is 538 g/mol.